The number of phenols is 1. The number of aryl methyl sites for hydroxylation is 1. The third-order valence-corrected chi connectivity index (χ3v) is 6.21. The maximum atomic E-state index is 13.8. The molecule has 1 atom stereocenters. The summed E-state index contributed by atoms with van der Waals surface area (Å²) < 4.78 is 70.2. The zero-order valence-corrected chi connectivity index (χ0v) is 19.8. The van der Waals surface area contributed by atoms with E-state index in [4.69, 9.17) is 13.9 Å². The molecule has 0 radical (unpaired) electrons. The highest BCUT2D eigenvalue weighted by atomic mass is 19.4. The van der Waals surface area contributed by atoms with Gasteiger partial charge in [0.2, 0.25) is 11.7 Å². The number of ketones is 1. The van der Waals surface area contributed by atoms with Crippen molar-refractivity contribution < 1.29 is 41.4 Å². The number of halogens is 4. The van der Waals surface area contributed by atoms with Crippen LogP contribution in [0.4, 0.5) is 17.6 Å². The Balaban J connectivity index is 1.30. The van der Waals surface area contributed by atoms with Crippen molar-refractivity contribution in [3.63, 3.8) is 0 Å². The van der Waals surface area contributed by atoms with E-state index in [1.165, 1.54) is 18.4 Å². The Morgan fingerprint density at radius 1 is 1.05 bits per heavy atom. The summed E-state index contributed by atoms with van der Waals surface area (Å²) in [6, 6.07) is 15.1. The van der Waals surface area contributed by atoms with Crippen molar-refractivity contribution >= 4 is 5.78 Å². The molecular weight excluding hydrogens is 506 g/mol. The lowest BCUT2D eigenvalue weighted by atomic mass is 9.84. The number of oxazole rings is 1. The van der Waals surface area contributed by atoms with Gasteiger partial charge in [-0.3, -0.25) is 4.79 Å². The number of phenolic OH excluding ortho intramolecular Hbond substituents is 1. The molecule has 196 valence electrons. The maximum absolute atomic E-state index is 13.8. The van der Waals surface area contributed by atoms with Gasteiger partial charge < -0.3 is 19.0 Å². The molecule has 3 aromatic carbocycles. The first-order valence-corrected chi connectivity index (χ1v) is 11.7. The number of alkyl halides is 3. The largest absolute Gasteiger partial charge is 0.508 e. The van der Waals surface area contributed by atoms with E-state index < -0.39 is 23.2 Å². The van der Waals surface area contributed by atoms with Crippen LogP contribution in [-0.2, 0) is 22.9 Å². The summed E-state index contributed by atoms with van der Waals surface area (Å²) in [4.78, 5) is 17.8. The summed E-state index contributed by atoms with van der Waals surface area (Å²) in [5, 5.41) is 9.71. The Kier molecular flexibility index (Phi) is 6.66. The highest BCUT2D eigenvalue weighted by Crippen LogP contribution is 2.39. The van der Waals surface area contributed by atoms with E-state index in [2.05, 4.69) is 4.98 Å². The third-order valence-electron chi connectivity index (χ3n) is 6.21. The van der Waals surface area contributed by atoms with Crippen molar-refractivity contribution in [2.75, 3.05) is 13.2 Å². The lowest BCUT2D eigenvalue weighted by molar-refractivity contribution is -0.137. The van der Waals surface area contributed by atoms with Gasteiger partial charge in [-0.25, -0.2) is 9.37 Å². The summed E-state index contributed by atoms with van der Waals surface area (Å²) in [6.45, 7) is 0.0430. The van der Waals surface area contributed by atoms with Crippen LogP contribution in [0.15, 0.2) is 77.4 Å². The van der Waals surface area contributed by atoms with Crippen molar-refractivity contribution in [1.82, 2.24) is 4.98 Å². The summed E-state index contributed by atoms with van der Waals surface area (Å²) in [5.41, 5.74) is -1.38. The minimum absolute atomic E-state index is 0.0379. The number of carbonyl (C=O) groups excluding carboxylic acids is 1. The summed E-state index contributed by atoms with van der Waals surface area (Å²) >= 11 is 0. The number of hydrogen-bond acceptors (Lipinski definition) is 6. The highest BCUT2D eigenvalue weighted by molar-refractivity contribution is 6.06. The molecule has 0 saturated carbocycles. The Labute approximate surface area is 214 Å². The van der Waals surface area contributed by atoms with Crippen LogP contribution in [0.2, 0.25) is 0 Å². The fourth-order valence-electron chi connectivity index (χ4n) is 4.31. The van der Waals surface area contributed by atoms with Crippen molar-refractivity contribution in [3.05, 3.63) is 101 Å². The number of aromatic nitrogens is 1. The molecule has 0 amide bonds. The zero-order valence-electron chi connectivity index (χ0n) is 19.8. The first-order valence-electron chi connectivity index (χ1n) is 11.7. The average Bonchev–Trinajstić information content (AvgIpc) is 3.37. The molecule has 0 aliphatic carbocycles. The number of nitrogens with zero attached hydrogens (tertiary/aromatic N) is 1. The second kappa shape index (κ2) is 9.94. The zero-order chi connectivity index (χ0) is 26.9. The number of Topliss-reactive ketones (excluding diaryl/α,β-unsaturated/α-hetero) is 1. The van der Waals surface area contributed by atoms with Gasteiger partial charge in [0.05, 0.1) is 16.8 Å². The second-order valence-corrected chi connectivity index (χ2v) is 8.81. The van der Waals surface area contributed by atoms with E-state index >= 15 is 0 Å². The molecule has 5 rings (SSSR count). The normalized spacial score (nSPS) is 17.2. The highest BCUT2D eigenvalue weighted by Gasteiger charge is 2.47. The van der Waals surface area contributed by atoms with Gasteiger partial charge in [0, 0.05) is 12.2 Å². The third kappa shape index (κ3) is 4.99. The molecule has 6 nitrogen and oxygen atoms in total. The van der Waals surface area contributed by atoms with Crippen LogP contribution in [0, 0.1) is 5.82 Å². The molecule has 38 heavy (non-hydrogen) atoms. The molecule has 1 aliphatic heterocycles. The SMILES string of the molecule is O=C1c2ccccc2OCC1(OCCCc1coc(-c2cc(F)cc(C(F)(F)F)c2)n1)c1ccc(O)cc1. The Morgan fingerprint density at radius 3 is 2.58 bits per heavy atom. The first-order chi connectivity index (χ1) is 18.2. The molecule has 10 heteroatoms. The van der Waals surface area contributed by atoms with Crippen molar-refractivity contribution in [2.45, 2.75) is 24.6 Å². The van der Waals surface area contributed by atoms with Gasteiger partial charge >= 0.3 is 6.18 Å². The summed E-state index contributed by atoms with van der Waals surface area (Å²) in [7, 11) is 0. The molecule has 1 N–H and O–H groups in total. The minimum atomic E-state index is -4.71. The van der Waals surface area contributed by atoms with Crippen molar-refractivity contribution in [2.24, 2.45) is 0 Å². The number of aromatic hydroxyl groups is 1. The Hall–Kier alpha value is -4.18. The van der Waals surface area contributed by atoms with Crippen LogP contribution in [-0.4, -0.2) is 29.1 Å². The lowest BCUT2D eigenvalue weighted by Crippen LogP contribution is -2.47. The predicted molar refractivity (Wildman–Crippen MR) is 127 cm³/mol. The monoisotopic (exact) mass is 527 g/mol. The van der Waals surface area contributed by atoms with Crippen LogP contribution in [0.1, 0.15) is 33.6 Å². The average molecular weight is 527 g/mol. The number of hydrogen-bond donors (Lipinski definition) is 1. The first kappa shape index (κ1) is 25.5. The summed E-state index contributed by atoms with van der Waals surface area (Å²) in [6.07, 6.45) is -2.72. The van der Waals surface area contributed by atoms with Gasteiger partial charge in [-0.2, -0.15) is 13.2 Å². The molecule has 0 fully saturated rings. The fourth-order valence-corrected chi connectivity index (χ4v) is 4.31. The van der Waals surface area contributed by atoms with Crippen LogP contribution >= 0.6 is 0 Å². The molecule has 1 unspecified atom stereocenters. The number of ether oxygens (including phenoxy) is 2. The van der Waals surface area contributed by atoms with Gasteiger partial charge in [0.25, 0.3) is 0 Å². The van der Waals surface area contributed by atoms with E-state index in [0.29, 0.717) is 41.5 Å². The quantitative estimate of drug-likeness (QED) is 0.224. The minimum Gasteiger partial charge on any atom is -0.508 e. The fraction of sp³-hybridized carbons (Fsp3) is 0.214. The van der Waals surface area contributed by atoms with E-state index in [0.717, 1.165) is 12.1 Å². The number of carbonyl (C=O) groups is 1. The molecule has 1 aromatic heterocycles. The predicted octanol–water partition coefficient (Wildman–Crippen LogP) is 6.33. The molecule has 0 saturated heterocycles. The standard InChI is InChI=1S/C28H21F4NO5/c29-20-13-17(12-19(14-20)28(30,31)32)26-33-21(15-36-26)4-3-11-38-27(18-7-9-22(34)10-8-18)16-37-24-6-2-1-5-23(24)25(27)35/h1-2,5-10,12-15,34H,3-4,11,16H2. The number of benzene rings is 3. The topological polar surface area (TPSA) is 81.8 Å². The van der Waals surface area contributed by atoms with Crippen LogP contribution < -0.4 is 4.74 Å². The van der Waals surface area contributed by atoms with Crippen LogP contribution in [0.25, 0.3) is 11.5 Å². The van der Waals surface area contributed by atoms with Gasteiger partial charge in [0.15, 0.2) is 5.60 Å². The second-order valence-electron chi connectivity index (χ2n) is 8.81. The maximum Gasteiger partial charge on any atom is 0.416 e. The molecule has 0 spiro atoms. The smallest absolute Gasteiger partial charge is 0.416 e. The lowest BCUT2D eigenvalue weighted by Gasteiger charge is -2.36. The van der Waals surface area contributed by atoms with E-state index in [9.17, 15) is 27.5 Å². The number of para-hydroxylation sites is 1. The molecule has 1 aliphatic rings. The van der Waals surface area contributed by atoms with E-state index in [-0.39, 0.29) is 36.2 Å². The Bertz CT molecular complexity index is 1460. The molecule has 4 aromatic rings. The van der Waals surface area contributed by atoms with Gasteiger partial charge in [0.1, 0.15) is 30.2 Å². The van der Waals surface area contributed by atoms with E-state index in [1.807, 2.05) is 0 Å². The number of fused-ring (bicyclic) bond motifs is 1. The van der Waals surface area contributed by atoms with Gasteiger partial charge in [-0.1, -0.05) is 24.3 Å². The van der Waals surface area contributed by atoms with Crippen LogP contribution in [0.5, 0.6) is 11.5 Å². The number of rotatable bonds is 7. The molecule has 0 bridgehead atoms. The molecule has 2 heterocycles. The Morgan fingerprint density at radius 2 is 1.82 bits per heavy atom. The van der Waals surface area contributed by atoms with Crippen LogP contribution in [0.3, 0.4) is 0 Å². The van der Waals surface area contributed by atoms with Crippen molar-refractivity contribution in [3.8, 4) is 23.0 Å². The summed E-state index contributed by atoms with van der Waals surface area (Å²) in [5.74, 6) is -0.977. The van der Waals surface area contributed by atoms with E-state index in [1.54, 1.807) is 36.4 Å². The van der Waals surface area contributed by atoms with Crippen molar-refractivity contribution in [1.29, 1.82) is 0 Å². The van der Waals surface area contributed by atoms with Gasteiger partial charge in [-0.15, -0.1) is 0 Å². The molecular formula is C28H21F4NO5. The van der Waals surface area contributed by atoms with Gasteiger partial charge in [-0.05, 0) is 60.9 Å².